The van der Waals surface area contributed by atoms with Gasteiger partial charge < -0.3 is 19.7 Å². The average Bonchev–Trinajstić information content (AvgIpc) is 3.06. The largest absolute Gasteiger partial charge is 0.481 e. The van der Waals surface area contributed by atoms with Crippen LogP contribution in [0.5, 0.6) is 0 Å². The van der Waals surface area contributed by atoms with Crippen molar-refractivity contribution in [3.63, 3.8) is 0 Å². The third-order valence-electron chi connectivity index (χ3n) is 4.35. The monoisotopic (exact) mass is 336 g/mol. The third kappa shape index (κ3) is 4.59. The summed E-state index contributed by atoms with van der Waals surface area (Å²) in [6.07, 6.45) is 2.91. The number of rotatable bonds is 6. The maximum atomic E-state index is 12.7. The molecule has 0 aliphatic carbocycles. The van der Waals surface area contributed by atoms with Crippen molar-refractivity contribution in [2.24, 2.45) is 11.8 Å². The second kappa shape index (κ2) is 7.99. The molecule has 1 atom stereocenters. The van der Waals surface area contributed by atoms with Gasteiger partial charge in [0, 0.05) is 19.5 Å². The van der Waals surface area contributed by atoms with Crippen LogP contribution in [0.2, 0.25) is 0 Å². The lowest BCUT2D eigenvalue weighted by atomic mass is 9.92. The molecule has 0 saturated carbocycles. The lowest BCUT2D eigenvalue weighted by Crippen LogP contribution is -2.53. The molecule has 0 spiro atoms. The van der Waals surface area contributed by atoms with E-state index in [-0.39, 0.29) is 29.9 Å². The molecule has 2 heterocycles. The molecule has 1 aromatic heterocycles. The van der Waals surface area contributed by atoms with Gasteiger partial charge in [-0.1, -0.05) is 13.8 Å². The number of nitrogens with one attached hydrogen (secondary N) is 1. The lowest BCUT2D eigenvalue weighted by molar-refractivity contribution is -0.139. The Hall–Kier alpha value is -2.31. The minimum atomic E-state index is -0.800. The molecule has 1 aliphatic heterocycles. The molecule has 2 rings (SSSR count). The topological polar surface area (TPSA) is 99.9 Å². The van der Waals surface area contributed by atoms with E-state index in [0.717, 1.165) is 0 Å². The Balaban J connectivity index is 1.95. The number of carboxylic acids is 1. The molecule has 7 nitrogen and oxygen atoms in total. The van der Waals surface area contributed by atoms with Gasteiger partial charge >= 0.3 is 5.97 Å². The highest BCUT2D eigenvalue weighted by atomic mass is 16.4. The summed E-state index contributed by atoms with van der Waals surface area (Å²) in [5, 5.41) is 11.6. The van der Waals surface area contributed by atoms with Crippen molar-refractivity contribution < 1.29 is 23.9 Å². The summed E-state index contributed by atoms with van der Waals surface area (Å²) in [7, 11) is 0. The van der Waals surface area contributed by atoms with Crippen LogP contribution in [0.1, 0.15) is 43.7 Å². The summed E-state index contributed by atoms with van der Waals surface area (Å²) in [6, 6.07) is 2.54. The molecular weight excluding hydrogens is 312 g/mol. The first-order chi connectivity index (χ1) is 11.4. The van der Waals surface area contributed by atoms with Gasteiger partial charge in [-0.15, -0.1) is 0 Å². The van der Waals surface area contributed by atoms with E-state index in [1.54, 1.807) is 17.0 Å². The fourth-order valence-corrected chi connectivity index (χ4v) is 2.93. The fourth-order valence-electron chi connectivity index (χ4n) is 2.93. The van der Waals surface area contributed by atoms with Crippen LogP contribution in [0.4, 0.5) is 0 Å². The molecule has 1 unspecified atom stereocenters. The molecule has 2 amide bonds. The smallest absolute Gasteiger partial charge is 0.303 e. The molecule has 24 heavy (non-hydrogen) atoms. The van der Waals surface area contributed by atoms with E-state index >= 15 is 0 Å². The standard InChI is InChI=1S/C17H24N2O5/c1-11(2)15(18-16(22)13-4-3-9-24-13)17(23)19-7-5-12(6-8-19)10-14(20)21/h3-4,9,11-12,15H,5-8,10H2,1-2H3,(H,18,22)(H,20,21). The Kier molecular flexibility index (Phi) is 6.00. The Morgan fingerprint density at radius 1 is 1.33 bits per heavy atom. The zero-order valence-electron chi connectivity index (χ0n) is 14.0. The van der Waals surface area contributed by atoms with Crippen molar-refractivity contribution >= 4 is 17.8 Å². The van der Waals surface area contributed by atoms with Gasteiger partial charge in [0.05, 0.1) is 6.26 Å². The second-order valence-corrected chi connectivity index (χ2v) is 6.54. The van der Waals surface area contributed by atoms with Crippen molar-refractivity contribution in [1.29, 1.82) is 0 Å². The molecule has 0 bridgehead atoms. The Morgan fingerprint density at radius 3 is 2.50 bits per heavy atom. The third-order valence-corrected chi connectivity index (χ3v) is 4.35. The van der Waals surface area contributed by atoms with Crippen molar-refractivity contribution in [1.82, 2.24) is 10.2 Å². The van der Waals surface area contributed by atoms with Crippen LogP contribution in [-0.4, -0.2) is 46.9 Å². The summed E-state index contributed by atoms with van der Waals surface area (Å²) < 4.78 is 5.06. The van der Waals surface area contributed by atoms with Gasteiger partial charge in [-0.3, -0.25) is 14.4 Å². The molecule has 1 aromatic rings. The van der Waals surface area contributed by atoms with Crippen LogP contribution in [0.15, 0.2) is 22.8 Å². The van der Waals surface area contributed by atoms with E-state index in [9.17, 15) is 14.4 Å². The lowest BCUT2D eigenvalue weighted by Gasteiger charge is -2.35. The van der Waals surface area contributed by atoms with Gasteiger partial charge in [0.25, 0.3) is 5.91 Å². The normalized spacial score (nSPS) is 16.9. The average molecular weight is 336 g/mol. The number of carbonyl (C=O) groups is 3. The maximum absolute atomic E-state index is 12.7. The summed E-state index contributed by atoms with van der Waals surface area (Å²) in [6.45, 7) is 4.80. The Bertz CT molecular complexity index is 574. The molecular formula is C17H24N2O5. The summed E-state index contributed by atoms with van der Waals surface area (Å²) in [4.78, 5) is 37.4. The van der Waals surface area contributed by atoms with E-state index in [4.69, 9.17) is 9.52 Å². The zero-order valence-corrected chi connectivity index (χ0v) is 14.0. The predicted molar refractivity (Wildman–Crippen MR) is 86.4 cm³/mol. The van der Waals surface area contributed by atoms with Crippen molar-refractivity contribution in [3.8, 4) is 0 Å². The van der Waals surface area contributed by atoms with Crippen LogP contribution in [-0.2, 0) is 9.59 Å². The predicted octanol–water partition coefficient (Wildman–Crippen LogP) is 1.75. The van der Waals surface area contributed by atoms with E-state index < -0.39 is 17.9 Å². The molecule has 1 fully saturated rings. The number of hydrogen-bond acceptors (Lipinski definition) is 4. The highest BCUT2D eigenvalue weighted by molar-refractivity contribution is 5.95. The number of carboxylic acid groups (broad SMARTS) is 1. The number of carbonyl (C=O) groups excluding carboxylic acids is 2. The van der Waals surface area contributed by atoms with Gasteiger partial charge in [-0.2, -0.15) is 0 Å². The zero-order chi connectivity index (χ0) is 17.7. The number of amides is 2. The first-order valence-electron chi connectivity index (χ1n) is 8.23. The van der Waals surface area contributed by atoms with Gasteiger partial charge in [-0.05, 0) is 36.8 Å². The van der Waals surface area contributed by atoms with Crippen LogP contribution in [0.3, 0.4) is 0 Å². The van der Waals surface area contributed by atoms with E-state index in [1.807, 2.05) is 13.8 Å². The molecule has 132 valence electrons. The van der Waals surface area contributed by atoms with Gasteiger partial charge in [-0.25, -0.2) is 0 Å². The van der Waals surface area contributed by atoms with Crippen LogP contribution in [0.25, 0.3) is 0 Å². The van der Waals surface area contributed by atoms with Gasteiger partial charge in [0.2, 0.25) is 5.91 Å². The highest BCUT2D eigenvalue weighted by Crippen LogP contribution is 2.22. The van der Waals surface area contributed by atoms with Crippen LogP contribution < -0.4 is 5.32 Å². The Morgan fingerprint density at radius 2 is 2.00 bits per heavy atom. The van der Waals surface area contributed by atoms with Crippen LogP contribution in [0, 0.1) is 11.8 Å². The molecule has 2 N–H and O–H groups in total. The number of furan rings is 1. The summed E-state index contributed by atoms with van der Waals surface area (Å²) in [5.41, 5.74) is 0. The Labute approximate surface area is 141 Å². The van der Waals surface area contributed by atoms with Crippen molar-refractivity contribution in [3.05, 3.63) is 24.2 Å². The first-order valence-corrected chi connectivity index (χ1v) is 8.23. The van der Waals surface area contributed by atoms with Gasteiger partial charge in [0.1, 0.15) is 6.04 Å². The number of hydrogen-bond donors (Lipinski definition) is 2. The minimum absolute atomic E-state index is 0.0619. The molecule has 1 saturated heterocycles. The van der Waals surface area contributed by atoms with Crippen molar-refractivity contribution in [2.75, 3.05) is 13.1 Å². The number of likely N-dealkylation sites (tertiary alicyclic amines) is 1. The molecule has 0 radical (unpaired) electrons. The summed E-state index contributed by atoms with van der Waals surface area (Å²) in [5.74, 6) is -1.11. The van der Waals surface area contributed by atoms with E-state index in [1.165, 1.54) is 6.26 Å². The van der Waals surface area contributed by atoms with E-state index in [2.05, 4.69) is 5.32 Å². The minimum Gasteiger partial charge on any atom is -0.481 e. The number of piperidine rings is 1. The second-order valence-electron chi connectivity index (χ2n) is 6.54. The highest BCUT2D eigenvalue weighted by Gasteiger charge is 2.32. The number of nitrogens with zero attached hydrogens (tertiary/aromatic N) is 1. The maximum Gasteiger partial charge on any atom is 0.303 e. The molecule has 1 aliphatic rings. The van der Waals surface area contributed by atoms with Crippen LogP contribution >= 0.6 is 0 Å². The number of aliphatic carboxylic acids is 1. The SMILES string of the molecule is CC(C)C(NC(=O)c1ccco1)C(=O)N1CCC(CC(=O)O)CC1. The van der Waals surface area contributed by atoms with Crippen molar-refractivity contribution in [2.45, 2.75) is 39.2 Å². The summed E-state index contributed by atoms with van der Waals surface area (Å²) >= 11 is 0. The first kappa shape index (κ1) is 18.0. The van der Waals surface area contributed by atoms with Gasteiger partial charge in [0.15, 0.2) is 5.76 Å². The fraction of sp³-hybridized carbons (Fsp3) is 0.588. The van der Waals surface area contributed by atoms with E-state index in [0.29, 0.717) is 25.9 Å². The molecule has 0 aromatic carbocycles. The quantitative estimate of drug-likeness (QED) is 0.824. The molecule has 7 heteroatoms.